The number of hydrogen-bond acceptors (Lipinski definition) is 5. The third kappa shape index (κ3) is 3.33. The Balaban J connectivity index is 1.89. The molecule has 0 fully saturated rings. The maximum Gasteiger partial charge on any atom is 0.258 e. The van der Waals surface area contributed by atoms with E-state index < -0.39 is 5.91 Å². The van der Waals surface area contributed by atoms with E-state index in [1.165, 1.54) is 0 Å². The van der Waals surface area contributed by atoms with E-state index >= 15 is 0 Å². The van der Waals surface area contributed by atoms with E-state index in [-0.39, 0.29) is 11.4 Å². The Labute approximate surface area is 144 Å². The Morgan fingerprint density at radius 1 is 1.16 bits per heavy atom. The van der Waals surface area contributed by atoms with Crippen LogP contribution in [0.2, 0.25) is 0 Å². The van der Waals surface area contributed by atoms with Crippen molar-refractivity contribution in [2.45, 2.75) is 0 Å². The number of benzene rings is 2. The van der Waals surface area contributed by atoms with Gasteiger partial charge in [-0.2, -0.15) is 5.26 Å². The van der Waals surface area contributed by atoms with Crippen LogP contribution in [-0.2, 0) is 0 Å². The molecular weight excluding hydrogens is 317 g/mol. The van der Waals surface area contributed by atoms with Crippen LogP contribution in [0.25, 0.3) is 11.3 Å². The molecule has 120 valence electrons. The van der Waals surface area contributed by atoms with Gasteiger partial charge in [0.15, 0.2) is 6.29 Å². The summed E-state index contributed by atoms with van der Waals surface area (Å²) in [4.78, 5) is 23.7. The largest absolute Gasteiger partial charge is 0.337 e. The average Bonchev–Trinajstić information content (AvgIpc) is 3.04. The van der Waals surface area contributed by atoms with Gasteiger partial charge in [-0.25, -0.2) is 0 Å². The number of nitrogens with one attached hydrogen (secondary N) is 1. The van der Waals surface area contributed by atoms with Gasteiger partial charge in [0.2, 0.25) is 5.88 Å². The minimum Gasteiger partial charge on any atom is -0.337 e. The van der Waals surface area contributed by atoms with Gasteiger partial charge in [0, 0.05) is 11.1 Å². The van der Waals surface area contributed by atoms with E-state index in [9.17, 15) is 9.59 Å². The zero-order chi connectivity index (χ0) is 17.8. The molecule has 0 radical (unpaired) electrons. The van der Waals surface area contributed by atoms with E-state index in [2.05, 4.69) is 10.5 Å². The predicted octanol–water partition coefficient (Wildman–Crippen LogP) is 1.54. The van der Waals surface area contributed by atoms with Gasteiger partial charge in [-0.05, 0) is 12.1 Å². The Morgan fingerprint density at radius 2 is 1.84 bits per heavy atom. The van der Waals surface area contributed by atoms with Crippen LogP contribution < -0.4 is 10.8 Å². The summed E-state index contributed by atoms with van der Waals surface area (Å²) in [7, 11) is 1.92. The number of rotatable bonds is 4. The number of amides is 1. The molecule has 0 aliphatic carbocycles. The highest BCUT2D eigenvalue weighted by atomic mass is 16.5. The number of carbonyl (C=O) groups is 2. The second-order valence-electron chi connectivity index (χ2n) is 5.40. The summed E-state index contributed by atoms with van der Waals surface area (Å²) in [5.41, 5.74) is 3.03. The SMILES string of the molecule is Bc1ccc(C(=O)Nc2onc(-c3ccc(C#N)cc3)c2C=O)cc1. The third-order valence-electron chi connectivity index (χ3n) is 3.67. The van der Waals surface area contributed by atoms with E-state index in [0.29, 0.717) is 28.7 Å². The maximum atomic E-state index is 12.3. The highest BCUT2D eigenvalue weighted by Crippen LogP contribution is 2.28. The fourth-order valence-electron chi connectivity index (χ4n) is 2.29. The molecule has 2 aromatic carbocycles. The van der Waals surface area contributed by atoms with Crippen LogP contribution >= 0.6 is 0 Å². The minimum atomic E-state index is -0.398. The lowest BCUT2D eigenvalue weighted by Crippen LogP contribution is -2.13. The van der Waals surface area contributed by atoms with Crippen molar-refractivity contribution in [3.63, 3.8) is 0 Å². The molecule has 1 heterocycles. The van der Waals surface area contributed by atoms with Gasteiger partial charge in [-0.1, -0.05) is 47.0 Å². The van der Waals surface area contributed by atoms with E-state index in [0.717, 1.165) is 5.46 Å². The molecule has 1 aromatic heterocycles. The molecule has 1 N–H and O–H groups in total. The second kappa shape index (κ2) is 6.85. The van der Waals surface area contributed by atoms with E-state index in [1.54, 1.807) is 36.4 Å². The fraction of sp³-hybridized carbons (Fsp3) is 0. The van der Waals surface area contributed by atoms with Gasteiger partial charge in [0.05, 0.1) is 11.6 Å². The molecule has 0 aliphatic heterocycles. The van der Waals surface area contributed by atoms with Gasteiger partial charge in [0.25, 0.3) is 5.91 Å². The molecule has 25 heavy (non-hydrogen) atoms. The molecule has 0 bridgehead atoms. The average molecular weight is 329 g/mol. The van der Waals surface area contributed by atoms with Gasteiger partial charge < -0.3 is 4.52 Å². The lowest BCUT2D eigenvalue weighted by atomic mass is 9.95. The number of hydrogen-bond donors (Lipinski definition) is 1. The predicted molar refractivity (Wildman–Crippen MR) is 94.6 cm³/mol. The molecule has 3 rings (SSSR count). The molecule has 7 heteroatoms. The number of nitriles is 1. The van der Waals surface area contributed by atoms with Crippen LogP contribution in [0.1, 0.15) is 26.3 Å². The van der Waals surface area contributed by atoms with Crippen molar-refractivity contribution in [2.75, 3.05) is 5.32 Å². The van der Waals surface area contributed by atoms with Crippen molar-refractivity contribution >= 4 is 31.4 Å². The molecule has 0 saturated carbocycles. The molecule has 3 aromatic rings. The molecule has 0 unspecified atom stereocenters. The highest BCUT2D eigenvalue weighted by Gasteiger charge is 2.19. The Kier molecular flexibility index (Phi) is 4.44. The van der Waals surface area contributed by atoms with Crippen LogP contribution in [0.3, 0.4) is 0 Å². The first-order chi connectivity index (χ1) is 12.1. The smallest absolute Gasteiger partial charge is 0.258 e. The summed E-state index contributed by atoms with van der Waals surface area (Å²) in [6.45, 7) is 0. The number of aldehydes is 1. The molecule has 6 nitrogen and oxygen atoms in total. The van der Waals surface area contributed by atoms with Gasteiger partial charge in [0.1, 0.15) is 19.1 Å². The van der Waals surface area contributed by atoms with Crippen LogP contribution in [0, 0.1) is 11.3 Å². The lowest BCUT2D eigenvalue weighted by molar-refractivity contribution is 0.102. The van der Waals surface area contributed by atoms with Crippen molar-refractivity contribution < 1.29 is 14.1 Å². The van der Waals surface area contributed by atoms with E-state index in [1.807, 2.05) is 26.0 Å². The fourth-order valence-corrected chi connectivity index (χ4v) is 2.29. The standard InChI is InChI=1S/C18H12BN3O3/c19-14-7-5-13(6-8-14)17(24)21-18-15(10-23)16(22-25-18)12-3-1-11(9-20)2-4-12/h1-8,10H,19H2,(H,21,24). The first-order valence-electron chi connectivity index (χ1n) is 7.46. The number of anilines is 1. The van der Waals surface area contributed by atoms with Crippen molar-refractivity contribution in [1.29, 1.82) is 5.26 Å². The monoisotopic (exact) mass is 329 g/mol. The molecular formula is C18H12BN3O3. The van der Waals surface area contributed by atoms with Gasteiger partial charge >= 0.3 is 0 Å². The summed E-state index contributed by atoms with van der Waals surface area (Å²) in [5.74, 6) is -0.412. The normalized spacial score (nSPS) is 10.0. The zero-order valence-electron chi connectivity index (χ0n) is 13.3. The van der Waals surface area contributed by atoms with Gasteiger partial charge in [-0.15, -0.1) is 0 Å². The Morgan fingerprint density at radius 3 is 2.44 bits per heavy atom. The first-order valence-corrected chi connectivity index (χ1v) is 7.46. The van der Waals surface area contributed by atoms with Crippen LogP contribution in [0.15, 0.2) is 53.1 Å². The topological polar surface area (TPSA) is 96.0 Å². The molecule has 0 atom stereocenters. The zero-order valence-corrected chi connectivity index (χ0v) is 13.3. The Bertz CT molecular complexity index is 970. The summed E-state index contributed by atoms with van der Waals surface area (Å²) >= 11 is 0. The molecule has 0 saturated heterocycles. The van der Waals surface area contributed by atoms with Gasteiger partial charge in [-0.3, -0.25) is 14.9 Å². The van der Waals surface area contributed by atoms with Crippen molar-refractivity contribution in [2.24, 2.45) is 0 Å². The molecule has 0 aliphatic rings. The lowest BCUT2D eigenvalue weighted by Gasteiger charge is -2.03. The number of aromatic nitrogens is 1. The second-order valence-corrected chi connectivity index (χ2v) is 5.40. The summed E-state index contributed by atoms with van der Waals surface area (Å²) in [6.07, 6.45) is 0.578. The Hall–Kier alpha value is -3.66. The number of nitrogens with zero attached hydrogens (tertiary/aromatic N) is 2. The maximum absolute atomic E-state index is 12.3. The number of carbonyl (C=O) groups excluding carboxylic acids is 2. The first kappa shape index (κ1) is 16.2. The van der Waals surface area contributed by atoms with Crippen LogP contribution in [0.4, 0.5) is 5.88 Å². The van der Waals surface area contributed by atoms with E-state index in [4.69, 9.17) is 9.78 Å². The van der Waals surface area contributed by atoms with Crippen molar-refractivity contribution in [1.82, 2.24) is 5.16 Å². The van der Waals surface area contributed by atoms with Crippen molar-refractivity contribution in [3.05, 3.63) is 65.2 Å². The third-order valence-corrected chi connectivity index (χ3v) is 3.67. The minimum absolute atomic E-state index is 0.0139. The highest BCUT2D eigenvalue weighted by molar-refractivity contribution is 6.32. The van der Waals surface area contributed by atoms with Crippen LogP contribution in [-0.4, -0.2) is 25.2 Å². The summed E-state index contributed by atoms with van der Waals surface area (Å²) in [6, 6.07) is 15.6. The summed E-state index contributed by atoms with van der Waals surface area (Å²) < 4.78 is 5.14. The molecule has 0 spiro atoms. The quantitative estimate of drug-likeness (QED) is 0.578. The van der Waals surface area contributed by atoms with Crippen LogP contribution in [0.5, 0.6) is 0 Å². The summed E-state index contributed by atoms with van der Waals surface area (Å²) in [5, 5.41) is 15.3. The van der Waals surface area contributed by atoms with Crippen molar-refractivity contribution in [3.8, 4) is 17.3 Å². The molecule has 1 amide bonds.